The first-order chi connectivity index (χ1) is 20.2. The molecule has 0 heterocycles. The molecule has 4 aromatic rings. The molecule has 0 aliphatic heterocycles. The molecule has 6 nitrogen and oxygen atoms in total. The molecule has 0 radical (unpaired) electrons. The Kier molecular flexibility index (Phi) is 10.9. The fourth-order valence-corrected chi connectivity index (χ4v) is 4.65. The molecule has 7 heteroatoms. The summed E-state index contributed by atoms with van der Waals surface area (Å²) in [5.74, 6) is 0.852. The number of hydrogen-bond acceptors (Lipinski definition) is 5. The van der Waals surface area contributed by atoms with Gasteiger partial charge < -0.3 is 25.2 Å². The molecule has 1 atom stereocenters. The van der Waals surface area contributed by atoms with E-state index in [2.05, 4.69) is 34.9 Å². The summed E-state index contributed by atoms with van der Waals surface area (Å²) in [6, 6.07) is 31.3. The van der Waals surface area contributed by atoms with Gasteiger partial charge in [0.1, 0.15) is 24.1 Å². The Morgan fingerprint density at radius 1 is 0.881 bits per heavy atom. The van der Waals surface area contributed by atoms with Gasteiger partial charge in [0.2, 0.25) is 0 Å². The number of alkyl carbamates (subject to hydrolysis) is 1. The summed E-state index contributed by atoms with van der Waals surface area (Å²) < 4.78 is 11.2. The molecule has 0 saturated heterocycles. The fraction of sp³-hybridized carbons (Fsp3) is 0.286. The quantitative estimate of drug-likeness (QED) is 0.146. The molecule has 42 heavy (non-hydrogen) atoms. The van der Waals surface area contributed by atoms with Gasteiger partial charge in [-0.05, 0) is 86.2 Å². The Balaban J connectivity index is 1.30. The normalized spacial score (nSPS) is 11.9. The summed E-state index contributed by atoms with van der Waals surface area (Å²) in [7, 11) is 0. The number of aliphatic hydroxyl groups excluding tert-OH is 1. The van der Waals surface area contributed by atoms with E-state index < -0.39 is 17.8 Å². The molecule has 4 rings (SSSR count). The standard InChI is InChI=1S/C35H39ClN2O4/c1-35(2,3)42-34(40)38-23-27-11-7-13-28(21-27)33(39)31-22-29(36)16-19-32(31)37-20-8-12-25-14-17-30(18-15-25)41-24-26-9-5-4-6-10-26/h4-7,9-11,13-19,21-22,33,37,39H,8,12,20,23-24H2,1-3H3,(H,38,40). The number of ether oxygens (including phenoxy) is 2. The van der Waals surface area contributed by atoms with E-state index in [4.69, 9.17) is 21.1 Å². The minimum Gasteiger partial charge on any atom is -0.489 e. The number of carbonyl (C=O) groups excluding carboxylic acids is 1. The SMILES string of the molecule is CC(C)(C)OC(=O)NCc1cccc(C(O)c2cc(Cl)ccc2NCCCc2ccc(OCc3ccccc3)cc2)c1. The molecular formula is C35H39ClN2O4. The van der Waals surface area contributed by atoms with Gasteiger partial charge in [-0.2, -0.15) is 0 Å². The maximum atomic E-state index is 12.0. The highest BCUT2D eigenvalue weighted by atomic mass is 35.5. The van der Waals surface area contributed by atoms with Crippen molar-refractivity contribution in [3.05, 3.63) is 130 Å². The molecule has 220 valence electrons. The van der Waals surface area contributed by atoms with Gasteiger partial charge >= 0.3 is 6.09 Å². The smallest absolute Gasteiger partial charge is 0.407 e. The third-order valence-corrected chi connectivity index (χ3v) is 6.78. The minimum absolute atomic E-state index is 0.288. The van der Waals surface area contributed by atoms with Crippen LogP contribution in [0.1, 0.15) is 61.1 Å². The van der Waals surface area contributed by atoms with E-state index in [-0.39, 0.29) is 6.54 Å². The Morgan fingerprint density at radius 2 is 1.62 bits per heavy atom. The summed E-state index contributed by atoms with van der Waals surface area (Å²) in [4.78, 5) is 12.0. The highest BCUT2D eigenvalue weighted by Gasteiger charge is 2.18. The predicted octanol–water partition coefficient (Wildman–Crippen LogP) is 8.07. The average Bonchev–Trinajstić information content (AvgIpc) is 2.98. The van der Waals surface area contributed by atoms with Crippen LogP contribution in [0.2, 0.25) is 5.02 Å². The number of aliphatic hydroxyl groups is 1. The monoisotopic (exact) mass is 586 g/mol. The predicted molar refractivity (Wildman–Crippen MR) is 169 cm³/mol. The summed E-state index contributed by atoms with van der Waals surface area (Å²) in [6.07, 6.45) is 0.441. The van der Waals surface area contributed by atoms with Crippen LogP contribution in [0.25, 0.3) is 0 Å². The number of halogens is 1. The summed E-state index contributed by atoms with van der Waals surface area (Å²) >= 11 is 6.32. The van der Waals surface area contributed by atoms with E-state index in [0.717, 1.165) is 42.0 Å². The molecule has 3 N–H and O–H groups in total. The van der Waals surface area contributed by atoms with Gasteiger partial charge in [-0.25, -0.2) is 4.79 Å². The number of anilines is 1. The van der Waals surface area contributed by atoms with Gasteiger partial charge in [-0.15, -0.1) is 0 Å². The van der Waals surface area contributed by atoms with E-state index in [1.54, 1.807) is 6.07 Å². The molecule has 1 amide bonds. The second-order valence-electron chi connectivity index (χ2n) is 11.2. The van der Waals surface area contributed by atoms with Crippen LogP contribution in [0.4, 0.5) is 10.5 Å². The van der Waals surface area contributed by atoms with Gasteiger partial charge in [0.25, 0.3) is 0 Å². The highest BCUT2D eigenvalue weighted by molar-refractivity contribution is 6.30. The maximum absolute atomic E-state index is 12.0. The molecule has 1 unspecified atom stereocenters. The van der Waals surface area contributed by atoms with Crippen molar-refractivity contribution in [1.82, 2.24) is 5.32 Å². The van der Waals surface area contributed by atoms with Crippen molar-refractivity contribution in [2.24, 2.45) is 0 Å². The average molecular weight is 587 g/mol. The molecule has 0 spiro atoms. The molecule has 0 aromatic heterocycles. The zero-order chi connectivity index (χ0) is 30.0. The second-order valence-corrected chi connectivity index (χ2v) is 11.6. The Labute approximate surface area is 253 Å². The van der Waals surface area contributed by atoms with Gasteiger partial charge in [0.05, 0.1) is 0 Å². The second kappa shape index (κ2) is 14.8. The van der Waals surface area contributed by atoms with E-state index in [1.165, 1.54) is 5.56 Å². The summed E-state index contributed by atoms with van der Waals surface area (Å²) in [5, 5.41) is 18.1. The van der Waals surface area contributed by atoms with Crippen molar-refractivity contribution >= 4 is 23.4 Å². The van der Waals surface area contributed by atoms with E-state index in [9.17, 15) is 9.90 Å². The number of aryl methyl sites for hydroxylation is 1. The number of amides is 1. The Morgan fingerprint density at radius 3 is 2.36 bits per heavy atom. The lowest BCUT2D eigenvalue weighted by atomic mass is 9.98. The number of hydrogen-bond donors (Lipinski definition) is 3. The van der Waals surface area contributed by atoms with Gasteiger partial charge in [0.15, 0.2) is 0 Å². The molecule has 0 saturated carbocycles. The zero-order valence-electron chi connectivity index (χ0n) is 24.4. The van der Waals surface area contributed by atoms with Crippen molar-refractivity contribution in [1.29, 1.82) is 0 Å². The van der Waals surface area contributed by atoms with Crippen LogP contribution in [0.3, 0.4) is 0 Å². The van der Waals surface area contributed by atoms with E-state index >= 15 is 0 Å². The van der Waals surface area contributed by atoms with Gasteiger partial charge in [-0.1, -0.05) is 78.3 Å². The third kappa shape index (κ3) is 9.82. The molecular weight excluding hydrogens is 548 g/mol. The first kappa shape index (κ1) is 30.9. The number of carbonyl (C=O) groups is 1. The molecule has 0 aliphatic rings. The van der Waals surface area contributed by atoms with Gasteiger partial charge in [-0.3, -0.25) is 0 Å². The maximum Gasteiger partial charge on any atom is 0.407 e. The Hall–Kier alpha value is -4.00. The first-order valence-corrected chi connectivity index (χ1v) is 14.6. The number of nitrogens with one attached hydrogen (secondary N) is 2. The van der Waals surface area contributed by atoms with Crippen molar-refractivity contribution in [3.63, 3.8) is 0 Å². The van der Waals surface area contributed by atoms with Crippen LogP contribution in [0.5, 0.6) is 5.75 Å². The van der Waals surface area contributed by atoms with Crippen LogP contribution >= 0.6 is 11.6 Å². The van der Waals surface area contributed by atoms with Crippen molar-refractivity contribution in [3.8, 4) is 5.75 Å². The van der Waals surface area contributed by atoms with Gasteiger partial charge in [0, 0.05) is 29.4 Å². The fourth-order valence-electron chi connectivity index (χ4n) is 4.47. The number of rotatable bonds is 12. The molecule has 4 aromatic carbocycles. The number of benzene rings is 4. The lowest BCUT2D eigenvalue weighted by Gasteiger charge is -2.20. The lowest BCUT2D eigenvalue weighted by Crippen LogP contribution is -2.32. The largest absolute Gasteiger partial charge is 0.489 e. The van der Waals surface area contributed by atoms with Crippen molar-refractivity contribution < 1.29 is 19.4 Å². The first-order valence-electron chi connectivity index (χ1n) is 14.2. The summed E-state index contributed by atoms with van der Waals surface area (Å²) in [6.45, 7) is 7.03. The lowest BCUT2D eigenvalue weighted by molar-refractivity contribution is 0.0523. The Bertz CT molecular complexity index is 1440. The van der Waals surface area contributed by atoms with E-state index in [1.807, 2.05) is 87.5 Å². The molecule has 0 aliphatic carbocycles. The highest BCUT2D eigenvalue weighted by Crippen LogP contribution is 2.31. The van der Waals surface area contributed by atoms with Crippen LogP contribution in [0.15, 0.2) is 97.1 Å². The third-order valence-electron chi connectivity index (χ3n) is 6.54. The van der Waals surface area contributed by atoms with Crippen LogP contribution < -0.4 is 15.4 Å². The van der Waals surface area contributed by atoms with Crippen LogP contribution in [-0.4, -0.2) is 23.3 Å². The topological polar surface area (TPSA) is 79.8 Å². The zero-order valence-corrected chi connectivity index (χ0v) is 25.2. The molecule has 0 bridgehead atoms. The molecule has 0 fully saturated rings. The van der Waals surface area contributed by atoms with Crippen LogP contribution in [-0.2, 0) is 24.3 Å². The van der Waals surface area contributed by atoms with Crippen molar-refractivity contribution in [2.75, 3.05) is 11.9 Å². The van der Waals surface area contributed by atoms with E-state index in [0.29, 0.717) is 22.8 Å². The van der Waals surface area contributed by atoms with Crippen LogP contribution in [0, 0.1) is 0 Å². The summed E-state index contributed by atoms with van der Waals surface area (Å²) in [5.41, 5.74) is 4.89. The van der Waals surface area contributed by atoms with Crippen molar-refractivity contribution in [2.45, 2.75) is 58.5 Å². The minimum atomic E-state index is -0.892.